The molecule has 1 saturated carbocycles. The molecule has 4 N–H and O–H groups in total. The van der Waals surface area contributed by atoms with Crippen LogP contribution < -0.4 is 16.4 Å². The Morgan fingerprint density at radius 3 is 2.41 bits per heavy atom. The van der Waals surface area contributed by atoms with Crippen LogP contribution in [-0.4, -0.2) is 24.9 Å². The van der Waals surface area contributed by atoms with Gasteiger partial charge < -0.3 is 16.4 Å². The van der Waals surface area contributed by atoms with Gasteiger partial charge in [-0.1, -0.05) is 33.1 Å². The highest BCUT2D eigenvalue weighted by Crippen LogP contribution is 2.38. The van der Waals surface area contributed by atoms with Gasteiger partial charge in [0.1, 0.15) is 0 Å². The normalized spacial score (nSPS) is 15.7. The summed E-state index contributed by atoms with van der Waals surface area (Å²) < 4.78 is 0. The standard InChI is InChI=1S/C21H33N3O2.ClH/c1-15(2)13-23-20(26)17-7-8-18(16(3)11-17)24-19(25)12-21(14-22)9-5-4-6-10-21;/h7-8,11,15H,4-6,9-10,12-14,22H2,1-3H3,(H,23,26)(H,24,25);1H. The van der Waals surface area contributed by atoms with Gasteiger partial charge in [0.25, 0.3) is 5.91 Å². The van der Waals surface area contributed by atoms with Crippen molar-refractivity contribution < 1.29 is 9.59 Å². The van der Waals surface area contributed by atoms with Gasteiger partial charge in [0, 0.05) is 24.2 Å². The maximum atomic E-state index is 12.5. The van der Waals surface area contributed by atoms with Gasteiger partial charge in [0.15, 0.2) is 0 Å². The molecule has 6 heteroatoms. The van der Waals surface area contributed by atoms with E-state index in [4.69, 9.17) is 5.73 Å². The van der Waals surface area contributed by atoms with Crippen molar-refractivity contribution in [3.63, 3.8) is 0 Å². The van der Waals surface area contributed by atoms with Gasteiger partial charge >= 0.3 is 0 Å². The predicted octanol–water partition coefficient (Wildman–Crippen LogP) is 4.04. The molecule has 1 aliphatic rings. The lowest BCUT2D eigenvalue weighted by molar-refractivity contribution is -0.118. The maximum Gasteiger partial charge on any atom is 0.251 e. The number of aryl methyl sites for hydroxylation is 1. The van der Waals surface area contributed by atoms with Gasteiger partial charge in [-0.3, -0.25) is 9.59 Å². The summed E-state index contributed by atoms with van der Waals surface area (Å²) in [6.07, 6.45) is 6.09. The van der Waals surface area contributed by atoms with Gasteiger partial charge in [-0.05, 0) is 61.4 Å². The van der Waals surface area contributed by atoms with E-state index in [2.05, 4.69) is 24.5 Å². The summed E-state index contributed by atoms with van der Waals surface area (Å²) >= 11 is 0. The molecule has 0 aliphatic heterocycles. The molecule has 0 radical (unpaired) electrons. The number of hydrogen-bond acceptors (Lipinski definition) is 3. The molecule has 1 fully saturated rings. The third kappa shape index (κ3) is 6.82. The molecule has 0 unspecified atom stereocenters. The molecule has 1 aliphatic carbocycles. The fourth-order valence-corrected chi connectivity index (χ4v) is 3.63. The molecule has 0 heterocycles. The number of rotatable bonds is 7. The highest BCUT2D eigenvalue weighted by Gasteiger charge is 2.33. The molecule has 27 heavy (non-hydrogen) atoms. The van der Waals surface area contributed by atoms with Crippen molar-refractivity contribution in [2.45, 2.75) is 59.3 Å². The number of amides is 2. The molecule has 1 aromatic carbocycles. The van der Waals surface area contributed by atoms with Crippen molar-refractivity contribution in [1.82, 2.24) is 5.32 Å². The van der Waals surface area contributed by atoms with E-state index in [1.54, 1.807) is 6.07 Å². The number of hydrogen-bond donors (Lipinski definition) is 3. The minimum atomic E-state index is -0.0797. The van der Waals surface area contributed by atoms with Crippen molar-refractivity contribution in [3.05, 3.63) is 29.3 Å². The second-order valence-electron chi connectivity index (χ2n) is 8.12. The number of carbonyl (C=O) groups excluding carboxylic acids is 2. The van der Waals surface area contributed by atoms with Crippen LogP contribution >= 0.6 is 12.4 Å². The second-order valence-corrected chi connectivity index (χ2v) is 8.12. The average molecular weight is 396 g/mol. The summed E-state index contributed by atoms with van der Waals surface area (Å²) in [4.78, 5) is 24.7. The van der Waals surface area contributed by atoms with E-state index in [-0.39, 0.29) is 29.6 Å². The Hall–Kier alpha value is -1.59. The Kier molecular flexibility index (Phi) is 9.27. The number of carbonyl (C=O) groups is 2. The first kappa shape index (κ1) is 23.4. The van der Waals surface area contributed by atoms with Crippen LogP contribution in [0, 0.1) is 18.3 Å². The molecule has 0 aromatic heterocycles. The lowest BCUT2D eigenvalue weighted by Gasteiger charge is -2.35. The van der Waals surface area contributed by atoms with Gasteiger partial charge in [-0.15, -0.1) is 12.4 Å². The Labute approximate surface area is 169 Å². The number of anilines is 1. The van der Waals surface area contributed by atoms with Gasteiger partial charge in [-0.25, -0.2) is 0 Å². The molecule has 0 saturated heterocycles. The molecule has 2 amide bonds. The molecule has 152 valence electrons. The second kappa shape index (κ2) is 10.7. The molecule has 0 spiro atoms. The fraction of sp³-hybridized carbons (Fsp3) is 0.619. The fourth-order valence-electron chi connectivity index (χ4n) is 3.63. The summed E-state index contributed by atoms with van der Waals surface area (Å²) in [5.41, 5.74) is 8.21. The van der Waals surface area contributed by atoms with Crippen LogP contribution in [-0.2, 0) is 4.79 Å². The monoisotopic (exact) mass is 395 g/mol. The van der Waals surface area contributed by atoms with Crippen molar-refractivity contribution >= 4 is 29.9 Å². The minimum absolute atomic E-state index is 0. The highest BCUT2D eigenvalue weighted by molar-refractivity contribution is 5.96. The molecule has 2 rings (SSSR count). The first-order valence-corrected chi connectivity index (χ1v) is 9.74. The van der Waals surface area contributed by atoms with Crippen molar-refractivity contribution in [1.29, 1.82) is 0 Å². The minimum Gasteiger partial charge on any atom is -0.352 e. The molecule has 0 atom stereocenters. The van der Waals surface area contributed by atoms with Crippen LogP contribution in [0.2, 0.25) is 0 Å². The van der Waals surface area contributed by atoms with E-state index in [9.17, 15) is 9.59 Å². The largest absolute Gasteiger partial charge is 0.352 e. The zero-order valence-electron chi connectivity index (χ0n) is 16.8. The van der Waals surface area contributed by atoms with Crippen LogP contribution in [0.3, 0.4) is 0 Å². The van der Waals surface area contributed by atoms with E-state index in [1.165, 1.54) is 6.42 Å². The summed E-state index contributed by atoms with van der Waals surface area (Å²) in [7, 11) is 0. The third-order valence-electron chi connectivity index (χ3n) is 5.32. The van der Waals surface area contributed by atoms with Crippen LogP contribution in [0.15, 0.2) is 18.2 Å². The number of nitrogens with one attached hydrogen (secondary N) is 2. The van der Waals surface area contributed by atoms with E-state index >= 15 is 0 Å². The quantitative estimate of drug-likeness (QED) is 0.651. The van der Waals surface area contributed by atoms with Crippen LogP contribution in [0.1, 0.15) is 68.3 Å². The highest BCUT2D eigenvalue weighted by atomic mass is 35.5. The van der Waals surface area contributed by atoms with Gasteiger partial charge in [0.05, 0.1) is 0 Å². The van der Waals surface area contributed by atoms with Crippen molar-refractivity contribution in [2.75, 3.05) is 18.4 Å². The first-order chi connectivity index (χ1) is 12.3. The van der Waals surface area contributed by atoms with E-state index in [0.717, 1.165) is 36.9 Å². The number of nitrogens with two attached hydrogens (primary N) is 1. The van der Waals surface area contributed by atoms with Crippen molar-refractivity contribution in [2.24, 2.45) is 17.1 Å². The lowest BCUT2D eigenvalue weighted by atomic mass is 9.71. The summed E-state index contributed by atoms with van der Waals surface area (Å²) in [5.74, 6) is 0.342. The molecular weight excluding hydrogens is 362 g/mol. The number of benzene rings is 1. The Balaban J connectivity index is 0.00000364. The smallest absolute Gasteiger partial charge is 0.251 e. The molecule has 5 nitrogen and oxygen atoms in total. The lowest BCUT2D eigenvalue weighted by Crippen LogP contribution is -2.36. The Bertz CT molecular complexity index is 640. The van der Waals surface area contributed by atoms with Gasteiger partial charge in [0.2, 0.25) is 5.91 Å². The summed E-state index contributed by atoms with van der Waals surface area (Å²) in [5, 5.41) is 5.92. The van der Waals surface area contributed by atoms with Crippen LogP contribution in [0.5, 0.6) is 0 Å². The zero-order chi connectivity index (χ0) is 19.2. The van der Waals surface area contributed by atoms with E-state index < -0.39 is 0 Å². The number of halogens is 1. The third-order valence-corrected chi connectivity index (χ3v) is 5.32. The summed E-state index contributed by atoms with van der Waals surface area (Å²) in [6, 6.07) is 5.40. The van der Waals surface area contributed by atoms with E-state index in [0.29, 0.717) is 31.0 Å². The maximum absolute atomic E-state index is 12.5. The van der Waals surface area contributed by atoms with E-state index in [1.807, 2.05) is 19.1 Å². The SMILES string of the molecule is Cc1cc(C(=O)NCC(C)C)ccc1NC(=O)CC1(CN)CCCCC1.Cl. The Morgan fingerprint density at radius 1 is 1.19 bits per heavy atom. The predicted molar refractivity (Wildman–Crippen MR) is 113 cm³/mol. The van der Waals surface area contributed by atoms with Crippen molar-refractivity contribution in [3.8, 4) is 0 Å². The van der Waals surface area contributed by atoms with Crippen LogP contribution in [0.4, 0.5) is 5.69 Å². The first-order valence-electron chi connectivity index (χ1n) is 9.74. The molecular formula is C21H34ClN3O2. The Morgan fingerprint density at radius 2 is 1.85 bits per heavy atom. The average Bonchev–Trinajstić information content (AvgIpc) is 2.62. The summed E-state index contributed by atoms with van der Waals surface area (Å²) in [6.45, 7) is 7.25. The molecule has 0 bridgehead atoms. The zero-order valence-corrected chi connectivity index (χ0v) is 17.6. The van der Waals surface area contributed by atoms with Crippen LogP contribution in [0.25, 0.3) is 0 Å². The molecule has 1 aromatic rings. The topological polar surface area (TPSA) is 84.2 Å². The van der Waals surface area contributed by atoms with Gasteiger partial charge in [-0.2, -0.15) is 0 Å².